The lowest BCUT2D eigenvalue weighted by molar-refractivity contribution is -0.124. The van der Waals surface area contributed by atoms with Gasteiger partial charge in [-0.1, -0.05) is 31.4 Å². The molecule has 0 bridgehead atoms. The van der Waals surface area contributed by atoms with Crippen LogP contribution in [0.5, 0.6) is 0 Å². The van der Waals surface area contributed by atoms with Crippen LogP contribution in [-0.2, 0) is 11.3 Å². The van der Waals surface area contributed by atoms with Gasteiger partial charge in [0.2, 0.25) is 0 Å². The monoisotopic (exact) mass is 263 g/mol. The molecule has 2 rings (SSSR count). The lowest BCUT2D eigenvalue weighted by Crippen LogP contribution is -2.31. The van der Waals surface area contributed by atoms with Crippen LogP contribution >= 0.6 is 0 Å². The summed E-state index contributed by atoms with van der Waals surface area (Å²) in [6.07, 6.45) is 5.73. The summed E-state index contributed by atoms with van der Waals surface area (Å²) in [5.74, 6) is 0.381. The van der Waals surface area contributed by atoms with Gasteiger partial charge in [-0.25, -0.2) is 4.39 Å². The highest BCUT2D eigenvalue weighted by atomic mass is 19.1. The summed E-state index contributed by atoms with van der Waals surface area (Å²) in [6.45, 7) is 1.09. The molecule has 0 atom stereocenters. The largest absolute Gasteiger partial charge is 0.298 e. The van der Waals surface area contributed by atoms with Crippen molar-refractivity contribution in [3.8, 4) is 0 Å². The molecule has 0 unspecified atom stereocenters. The topological polar surface area (TPSA) is 20.3 Å². The molecule has 1 saturated carbocycles. The highest BCUT2D eigenvalue weighted by molar-refractivity contribution is 5.83. The van der Waals surface area contributed by atoms with Crippen LogP contribution in [0.1, 0.15) is 37.7 Å². The number of hydrogen-bond acceptors (Lipinski definition) is 2. The van der Waals surface area contributed by atoms with Gasteiger partial charge in [0.1, 0.15) is 11.6 Å². The molecule has 0 spiro atoms. The number of rotatable bonds is 5. The number of ketones is 1. The molecule has 2 nitrogen and oxygen atoms in total. The van der Waals surface area contributed by atoms with Gasteiger partial charge in [-0.3, -0.25) is 9.69 Å². The fourth-order valence-electron chi connectivity index (χ4n) is 2.82. The summed E-state index contributed by atoms with van der Waals surface area (Å²) in [4.78, 5) is 14.1. The van der Waals surface area contributed by atoms with Crippen molar-refractivity contribution in [1.29, 1.82) is 0 Å². The first-order valence-electron chi connectivity index (χ1n) is 7.11. The van der Waals surface area contributed by atoms with Crippen LogP contribution < -0.4 is 0 Å². The van der Waals surface area contributed by atoms with Gasteiger partial charge in [0.25, 0.3) is 0 Å². The van der Waals surface area contributed by atoms with E-state index in [9.17, 15) is 9.18 Å². The molecule has 1 fully saturated rings. The second-order valence-electron chi connectivity index (χ2n) is 5.60. The summed E-state index contributed by atoms with van der Waals surface area (Å²) in [7, 11) is 1.92. The minimum absolute atomic E-state index is 0.218. The number of Topliss-reactive ketones (excluding diaryl/α,β-unsaturated/α-hetero) is 1. The fourth-order valence-corrected chi connectivity index (χ4v) is 2.82. The Morgan fingerprint density at radius 3 is 2.74 bits per heavy atom. The third-order valence-electron chi connectivity index (χ3n) is 3.83. The molecule has 19 heavy (non-hydrogen) atoms. The number of carbonyl (C=O) groups is 1. The minimum Gasteiger partial charge on any atom is -0.298 e. The van der Waals surface area contributed by atoms with Crippen LogP contribution in [0, 0.1) is 11.7 Å². The van der Waals surface area contributed by atoms with Gasteiger partial charge < -0.3 is 0 Å². The van der Waals surface area contributed by atoms with Gasteiger partial charge in [0, 0.05) is 12.5 Å². The first-order valence-corrected chi connectivity index (χ1v) is 7.11. The van der Waals surface area contributed by atoms with Crippen molar-refractivity contribution in [3.63, 3.8) is 0 Å². The summed E-state index contributed by atoms with van der Waals surface area (Å²) in [5, 5.41) is 0. The second kappa shape index (κ2) is 6.80. The molecular formula is C16H22FNO. The third kappa shape index (κ3) is 4.43. The summed E-state index contributed by atoms with van der Waals surface area (Å²) < 4.78 is 13.1. The summed E-state index contributed by atoms with van der Waals surface area (Å²) in [5.41, 5.74) is 0.916. The second-order valence-corrected chi connectivity index (χ2v) is 5.60. The van der Waals surface area contributed by atoms with Crippen molar-refractivity contribution in [1.82, 2.24) is 4.90 Å². The average Bonchev–Trinajstić information content (AvgIpc) is 2.39. The smallest absolute Gasteiger partial charge is 0.149 e. The normalized spacial score (nSPS) is 16.8. The molecule has 1 aromatic carbocycles. The third-order valence-corrected chi connectivity index (χ3v) is 3.83. The molecule has 0 N–H and O–H groups in total. The molecule has 0 aliphatic heterocycles. The number of carbonyl (C=O) groups excluding carboxylic acids is 1. The molecule has 0 heterocycles. The average molecular weight is 263 g/mol. The molecular weight excluding hydrogens is 241 g/mol. The van der Waals surface area contributed by atoms with E-state index in [0.29, 0.717) is 18.9 Å². The van der Waals surface area contributed by atoms with Gasteiger partial charge in [-0.05, 0) is 37.6 Å². The standard InChI is InChI=1S/C16H22FNO/c1-18(11-13-6-5-9-15(17)10-13)12-16(19)14-7-3-2-4-8-14/h5-6,9-10,14H,2-4,7-8,11-12H2,1H3. The predicted octanol–water partition coefficient (Wildman–Crippen LogP) is 3.41. The van der Waals surface area contributed by atoms with Crippen molar-refractivity contribution in [2.24, 2.45) is 5.92 Å². The number of nitrogens with zero attached hydrogens (tertiary/aromatic N) is 1. The maximum atomic E-state index is 13.1. The van der Waals surface area contributed by atoms with Gasteiger partial charge >= 0.3 is 0 Å². The SMILES string of the molecule is CN(CC(=O)C1CCCCC1)Cc1cccc(F)c1. The van der Waals surface area contributed by atoms with E-state index >= 15 is 0 Å². The molecule has 0 saturated heterocycles. The molecule has 104 valence electrons. The minimum atomic E-state index is -0.218. The Bertz CT molecular complexity index is 427. The molecule has 0 aromatic heterocycles. The summed E-state index contributed by atoms with van der Waals surface area (Å²) in [6, 6.07) is 6.57. The van der Waals surface area contributed by atoms with E-state index in [1.807, 2.05) is 18.0 Å². The van der Waals surface area contributed by atoms with Gasteiger partial charge in [-0.15, -0.1) is 0 Å². The van der Waals surface area contributed by atoms with E-state index in [4.69, 9.17) is 0 Å². The zero-order valence-corrected chi connectivity index (χ0v) is 11.6. The lowest BCUT2D eigenvalue weighted by atomic mass is 9.86. The predicted molar refractivity (Wildman–Crippen MR) is 74.3 cm³/mol. The Morgan fingerprint density at radius 2 is 2.05 bits per heavy atom. The van der Waals surface area contributed by atoms with Gasteiger partial charge in [0.15, 0.2) is 0 Å². The van der Waals surface area contributed by atoms with Crippen LogP contribution in [0.25, 0.3) is 0 Å². The Kier molecular flexibility index (Phi) is 5.08. The van der Waals surface area contributed by atoms with Crippen LogP contribution in [-0.4, -0.2) is 24.3 Å². The van der Waals surface area contributed by atoms with Gasteiger partial charge in [-0.2, -0.15) is 0 Å². The number of halogens is 1. The van der Waals surface area contributed by atoms with Crippen molar-refractivity contribution in [2.45, 2.75) is 38.6 Å². The van der Waals surface area contributed by atoms with E-state index in [1.54, 1.807) is 6.07 Å². The van der Waals surface area contributed by atoms with Crippen LogP contribution in [0.3, 0.4) is 0 Å². The highest BCUT2D eigenvalue weighted by Gasteiger charge is 2.21. The first-order chi connectivity index (χ1) is 9.15. The van der Waals surface area contributed by atoms with E-state index in [2.05, 4.69) is 0 Å². The quantitative estimate of drug-likeness (QED) is 0.811. The highest BCUT2D eigenvalue weighted by Crippen LogP contribution is 2.24. The molecule has 1 aromatic rings. The van der Waals surface area contributed by atoms with E-state index in [1.165, 1.54) is 31.4 Å². The van der Waals surface area contributed by atoms with Crippen LogP contribution in [0.2, 0.25) is 0 Å². The van der Waals surface area contributed by atoms with E-state index in [0.717, 1.165) is 18.4 Å². The first kappa shape index (κ1) is 14.2. The molecule has 3 heteroatoms. The van der Waals surface area contributed by atoms with Gasteiger partial charge in [0.05, 0.1) is 6.54 Å². The zero-order chi connectivity index (χ0) is 13.7. The van der Waals surface area contributed by atoms with Crippen molar-refractivity contribution in [3.05, 3.63) is 35.6 Å². The Labute approximate surface area is 114 Å². The number of hydrogen-bond donors (Lipinski definition) is 0. The maximum Gasteiger partial charge on any atom is 0.149 e. The molecule has 0 radical (unpaired) electrons. The Hall–Kier alpha value is -1.22. The maximum absolute atomic E-state index is 13.1. The molecule has 1 aliphatic carbocycles. The summed E-state index contributed by atoms with van der Waals surface area (Å²) >= 11 is 0. The Balaban J connectivity index is 1.83. The number of benzene rings is 1. The van der Waals surface area contributed by atoms with Crippen molar-refractivity contribution < 1.29 is 9.18 Å². The van der Waals surface area contributed by atoms with Crippen molar-refractivity contribution in [2.75, 3.05) is 13.6 Å². The van der Waals surface area contributed by atoms with Crippen molar-refractivity contribution >= 4 is 5.78 Å². The Morgan fingerprint density at radius 1 is 1.32 bits per heavy atom. The van der Waals surface area contributed by atoms with Crippen LogP contribution in [0.15, 0.2) is 24.3 Å². The fraction of sp³-hybridized carbons (Fsp3) is 0.562. The van der Waals surface area contributed by atoms with E-state index in [-0.39, 0.29) is 11.7 Å². The van der Waals surface area contributed by atoms with Crippen LogP contribution in [0.4, 0.5) is 4.39 Å². The van der Waals surface area contributed by atoms with E-state index < -0.39 is 0 Å². The molecule has 1 aliphatic rings. The lowest BCUT2D eigenvalue weighted by Gasteiger charge is -2.23. The number of likely N-dealkylation sites (N-methyl/N-ethyl adjacent to an activating group) is 1. The zero-order valence-electron chi connectivity index (χ0n) is 11.6. The molecule has 0 amide bonds.